The molecule has 1 aromatic heterocycles. The minimum absolute atomic E-state index is 0.232. The number of aromatic nitrogens is 2. The van der Waals surface area contributed by atoms with E-state index in [1.807, 2.05) is 6.07 Å². The van der Waals surface area contributed by atoms with E-state index >= 15 is 0 Å². The molecule has 196 valence electrons. The molecular formula is C29H28N2O7. The van der Waals surface area contributed by atoms with Crippen LogP contribution in [0.25, 0.3) is 23.0 Å². The molecule has 0 bridgehead atoms. The van der Waals surface area contributed by atoms with E-state index in [0.717, 1.165) is 5.56 Å². The summed E-state index contributed by atoms with van der Waals surface area (Å²) in [5, 5.41) is 0. The second kappa shape index (κ2) is 11.4. The lowest BCUT2D eigenvalue weighted by Gasteiger charge is -2.12. The molecule has 3 aromatic carbocycles. The van der Waals surface area contributed by atoms with Crippen LogP contribution in [-0.4, -0.2) is 50.9 Å². The van der Waals surface area contributed by atoms with Crippen molar-refractivity contribution in [3.8, 4) is 45.7 Å². The predicted molar refractivity (Wildman–Crippen MR) is 144 cm³/mol. The minimum atomic E-state index is -0.340. The number of hydrogen-bond acceptors (Lipinski definition) is 7. The summed E-state index contributed by atoms with van der Waals surface area (Å²) in [7, 11) is 7.69. The molecule has 0 amide bonds. The number of aromatic amines is 1. The molecular weight excluding hydrogens is 488 g/mol. The molecule has 9 heteroatoms. The number of nitrogens with zero attached hydrogens (tertiary/aromatic N) is 1. The van der Waals surface area contributed by atoms with Gasteiger partial charge in [0, 0.05) is 17.3 Å². The number of ether oxygens (including phenoxy) is 5. The Hall–Kier alpha value is -4.92. The fourth-order valence-corrected chi connectivity index (χ4v) is 4.01. The lowest BCUT2D eigenvalue weighted by atomic mass is 10.1. The molecule has 0 unspecified atom stereocenters. The van der Waals surface area contributed by atoms with Crippen LogP contribution in [0.2, 0.25) is 0 Å². The Labute approximate surface area is 219 Å². The molecule has 0 fully saturated rings. The maximum Gasteiger partial charge on any atom is 0.330 e. The Kier molecular flexibility index (Phi) is 7.86. The molecule has 0 aliphatic rings. The van der Waals surface area contributed by atoms with Crippen molar-refractivity contribution >= 4 is 11.9 Å². The van der Waals surface area contributed by atoms with Crippen molar-refractivity contribution in [2.75, 3.05) is 35.5 Å². The molecule has 4 aromatic rings. The first kappa shape index (κ1) is 26.2. The lowest BCUT2D eigenvalue weighted by molar-refractivity contribution is 0.104. The van der Waals surface area contributed by atoms with Crippen LogP contribution in [0.3, 0.4) is 0 Å². The second-order valence-electron chi connectivity index (χ2n) is 8.12. The molecule has 0 atom stereocenters. The van der Waals surface area contributed by atoms with Crippen LogP contribution < -0.4 is 29.4 Å². The van der Waals surface area contributed by atoms with Gasteiger partial charge in [0.2, 0.25) is 5.75 Å². The normalized spacial score (nSPS) is 10.9. The van der Waals surface area contributed by atoms with Gasteiger partial charge in [0.1, 0.15) is 0 Å². The van der Waals surface area contributed by atoms with Gasteiger partial charge in [0.15, 0.2) is 28.8 Å². The third-order valence-corrected chi connectivity index (χ3v) is 5.94. The van der Waals surface area contributed by atoms with Gasteiger partial charge in [0.05, 0.1) is 46.9 Å². The zero-order valence-corrected chi connectivity index (χ0v) is 21.7. The first-order chi connectivity index (χ1) is 18.4. The Balaban J connectivity index is 1.61. The number of carbonyl (C=O) groups is 1. The number of ketones is 1. The molecule has 0 radical (unpaired) electrons. The highest BCUT2D eigenvalue weighted by Gasteiger charge is 2.14. The Morgan fingerprint density at radius 2 is 1.47 bits per heavy atom. The highest BCUT2D eigenvalue weighted by Crippen LogP contribution is 2.38. The summed E-state index contributed by atoms with van der Waals surface area (Å²) in [6.45, 7) is 0. The molecule has 38 heavy (non-hydrogen) atoms. The summed E-state index contributed by atoms with van der Waals surface area (Å²) < 4.78 is 28.2. The number of carbonyl (C=O) groups excluding carboxylic acids is 1. The monoisotopic (exact) mass is 516 g/mol. The number of methoxy groups -OCH3 is 5. The summed E-state index contributed by atoms with van der Waals surface area (Å²) in [6, 6.07) is 15.7. The zero-order chi connectivity index (χ0) is 27.2. The number of H-pyrrole nitrogens is 1. The van der Waals surface area contributed by atoms with Crippen molar-refractivity contribution in [1.82, 2.24) is 9.55 Å². The fourth-order valence-electron chi connectivity index (χ4n) is 4.01. The molecule has 9 nitrogen and oxygen atoms in total. The van der Waals surface area contributed by atoms with Gasteiger partial charge in [-0.1, -0.05) is 18.2 Å². The van der Waals surface area contributed by atoms with Crippen LogP contribution in [0.1, 0.15) is 15.9 Å². The molecule has 0 saturated heterocycles. The van der Waals surface area contributed by atoms with Gasteiger partial charge in [-0.05, 0) is 54.1 Å². The molecule has 0 spiro atoms. The topological polar surface area (TPSA) is 101 Å². The van der Waals surface area contributed by atoms with Crippen LogP contribution in [0.5, 0.6) is 28.7 Å². The van der Waals surface area contributed by atoms with Gasteiger partial charge < -0.3 is 28.7 Å². The molecule has 0 saturated carbocycles. The number of imidazole rings is 1. The highest BCUT2D eigenvalue weighted by molar-refractivity contribution is 6.07. The summed E-state index contributed by atoms with van der Waals surface area (Å²) in [6.07, 6.45) is 4.80. The number of allylic oxidation sites excluding steroid dienone is 1. The van der Waals surface area contributed by atoms with E-state index in [4.69, 9.17) is 23.7 Å². The van der Waals surface area contributed by atoms with E-state index in [1.54, 1.807) is 75.0 Å². The number of benzene rings is 3. The Bertz CT molecular complexity index is 1520. The van der Waals surface area contributed by atoms with Crippen LogP contribution >= 0.6 is 0 Å². The van der Waals surface area contributed by atoms with E-state index in [2.05, 4.69) is 4.98 Å². The average molecular weight is 517 g/mol. The number of rotatable bonds is 10. The number of hydrogen-bond donors (Lipinski definition) is 1. The van der Waals surface area contributed by atoms with Crippen LogP contribution in [0.15, 0.2) is 71.7 Å². The highest BCUT2D eigenvalue weighted by atomic mass is 16.5. The average Bonchev–Trinajstić information content (AvgIpc) is 3.36. The third kappa shape index (κ3) is 5.27. The number of nitrogens with one attached hydrogen (secondary N) is 1. The van der Waals surface area contributed by atoms with Gasteiger partial charge in [-0.2, -0.15) is 0 Å². The van der Waals surface area contributed by atoms with Crippen molar-refractivity contribution < 1.29 is 28.5 Å². The van der Waals surface area contributed by atoms with E-state index in [1.165, 1.54) is 32.0 Å². The summed E-state index contributed by atoms with van der Waals surface area (Å²) in [5.41, 5.74) is 2.67. The second-order valence-corrected chi connectivity index (χ2v) is 8.12. The quantitative estimate of drug-likeness (QED) is 0.239. The Morgan fingerprint density at radius 1 is 0.789 bits per heavy atom. The maximum absolute atomic E-state index is 13.0. The molecule has 0 aliphatic heterocycles. The molecule has 4 rings (SSSR count). The van der Waals surface area contributed by atoms with Gasteiger partial charge in [-0.15, -0.1) is 0 Å². The van der Waals surface area contributed by atoms with E-state index in [-0.39, 0.29) is 11.5 Å². The van der Waals surface area contributed by atoms with Crippen LogP contribution in [-0.2, 0) is 0 Å². The first-order valence-electron chi connectivity index (χ1n) is 11.6. The molecule has 1 heterocycles. The summed E-state index contributed by atoms with van der Waals surface area (Å²) in [5.74, 6) is 2.34. The predicted octanol–water partition coefficient (Wildman–Crippen LogP) is 4.77. The fraction of sp³-hybridized carbons (Fsp3) is 0.172. The van der Waals surface area contributed by atoms with Gasteiger partial charge >= 0.3 is 5.69 Å². The van der Waals surface area contributed by atoms with Crippen molar-refractivity contribution in [3.05, 3.63) is 88.5 Å². The van der Waals surface area contributed by atoms with Crippen molar-refractivity contribution in [2.45, 2.75) is 0 Å². The SMILES string of the molecule is COc1ccc(-c2cn(-c3cccc(C(=O)C=Cc4cc(OC)c(OC)c(OC)c4)c3)c(=O)[nH]2)cc1OC. The minimum Gasteiger partial charge on any atom is -0.493 e. The molecule has 0 aliphatic carbocycles. The first-order valence-corrected chi connectivity index (χ1v) is 11.6. The zero-order valence-electron chi connectivity index (χ0n) is 21.7. The third-order valence-electron chi connectivity index (χ3n) is 5.94. The van der Waals surface area contributed by atoms with Crippen LogP contribution in [0.4, 0.5) is 0 Å². The van der Waals surface area contributed by atoms with E-state index in [9.17, 15) is 9.59 Å². The van der Waals surface area contributed by atoms with Crippen LogP contribution in [0, 0.1) is 0 Å². The smallest absolute Gasteiger partial charge is 0.330 e. The standard InChI is InChI=1S/C29H28N2O7/c1-34-24-12-10-19(16-25(24)35-2)22-17-31(29(33)30-22)21-8-6-7-20(15-21)23(32)11-9-18-13-26(36-3)28(38-5)27(14-18)37-4/h6-17H,1-5H3,(H,30,33). The van der Waals surface area contributed by atoms with Crippen molar-refractivity contribution in [3.63, 3.8) is 0 Å². The largest absolute Gasteiger partial charge is 0.493 e. The Morgan fingerprint density at radius 3 is 2.11 bits per heavy atom. The van der Waals surface area contributed by atoms with Gasteiger partial charge in [0.25, 0.3) is 0 Å². The van der Waals surface area contributed by atoms with E-state index in [0.29, 0.717) is 51.3 Å². The van der Waals surface area contributed by atoms with Crippen molar-refractivity contribution in [2.24, 2.45) is 0 Å². The van der Waals surface area contributed by atoms with Gasteiger partial charge in [-0.3, -0.25) is 9.36 Å². The van der Waals surface area contributed by atoms with Crippen molar-refractivity contribution in [1.29, 1.82) is 0 Å². The summed E-state index contributed by atoms with van der Waals surface area (Å²) in [4.78, 5) is 28.6. The van der Waals surface area contributed by atoms with E-state index < -0.39 is 0 Å². The summed E-state index contributed by atoms with van der Waals surface area (Å²) >= 11 is 0. The lowest BCUT2D eigenvalue weighted by Crippen LogP contribution is -2.14. The molecule has 1 N–H and O–H groups in total. The van der Waals surface area contributed by atoms with Gasteiger partial charge in [-0.25, -0.2) is 4.79 Å². The maximum atomic E-state index is 13.0.